The molecule has 2 heterocycles. The lowest BCUT2D eigenvalue weighted by molar-refractivity contribution is -0.129. The molecular weight excluding hydrogens is 403 g/mol. The zero-order chi connectivity index (χ0) is 22.8. The summed E-state index contributed by atoms with van der Waals surface area (Å²) >= 11 is 0. The van der Waals surface area contributed by atoms with E-state index in [4.69, 9.17) is 0 Å². The van der Waals surface area contributed by atoms with Crippen molar-refractivity contribution in [2.45, 2.75) is 32.4 Å². The molecule has 6 heteroatoms. The third kappa shape index (κ3) is 4.81. The molecule has 0 saturated carbocycles. The molecule has 2 aromatic carbocycles. The molecule has 4 rings (SSSR count). The molecule has 32 heavy (non-hydrogen) atoms. The SMILES string of the molecule is CC(=O)N1CCN(c2ccc([C@H]3CN(Cc4c(C)cccc4F)C[C@@H]3N(C)C)cc2)CC1. The molecule has 0 radical (unpaired) electrons. The molecule has 1 amide bonds. The number of carbonyl (C=O) groups is 1. The number of benzene rings is 2. The highest BCUT2D eigenvalue weighted by atomic mass is 19.1. The quantitative estimate of drug-likeness (QED) is 0.716. The number of piperazine rings is 1. The lowest BCUT2D eigenvalue weighted by Crippen LogP contribution is -2.48. The Hall–Kier alpha value is -2.44. The predicted octanol–water partition coefficient (Wildman–Crippen LogP) is 3.33. The molecule has 0 spiro atoms. The van der Waals surface area contributed by atoms with Gasteiger partial charge in [-0.2, -0.15) is 0 Å². The van der Waals surface area contributed by atoms with Crippen LogP contribution in [-0.4, -0.2) is 80.0 Å². The number of hydrogen-bond donors (Lipinski definition) is 0. The minimum atomic E-state index is -0.107. The lowest BCUT2D eigenvalue weighted by Gasteiger charge is -2.35. The summed E-state index contributed by atoms with van der Waals surface area (Å²) in [6, 6.07) is 14.7. The first-order chi connectivity index (χ1) is 15.3. The van der Waals surface area contributed by atoms with E-state index in [-0.39, 0.29) is 11.7 Å². The van der Waals surface area contributed by atoms with Crippen LogP contribution in [0.4, 0.5) is 10.1 Å². The summed E-state index contributed by atoms with van der Waals surface area (Å²) in [7, 11) is 4.27. The van der Waals surface area contributed by atoms with Crippen LogP contribution in [-0.2, 0) is 11.3 Å². The van der Waals surface area contributed by atoms with Crippen LogP contribution in [0.1, 0.15) is 29.5 Å². The average molecular weight is 439 g/mol. The van der Waals surface area contributed by atoms with E-state index in [0.717, 1.165) is 50.4 Å². The average Bonchev–Trinajstić information content (AvgIpc) is 3.21. The molecule has 0 aromatic heterocycles. The van der Waals surface area contributed by atoms with Crippen LogP contribution in [0.5, 0.6) is 0 Å². The fourth-order valence-electron chi connectivity index (χ4n) is 5.15. The Bertz CT molecular complexity index is 917. The Morgan fingerprint density at radius 3 is 2.31 bits per heavy atom. The molecule has 2 aromatic rings. The van der Waals surface area contributed by atoms with Crippen LogP contribution in [0.3, 0.4) is 0 Å². The van der Waals surface area contributed by atoms with Crippen molar-refractivity contribution in [1.82, 2.24) is 14.7 Å². The molecule has 0 aliphatic carbocycles. The number of halogens is 1. The van der Waals surface area contributed by atoms with Crippen molar-refractivity contribution in [3.8, 4) is 0 Å². The number of carbonyl (C=O) groups excluding carboxylic acids is 1. The van der Waals surface area contributed by atoms with Crippen LogP contribution >= 0.6 is 0 Å². The van der Waals surface area contributed by atoms with Gasteiger partial charge in [0.05, 0.1) is 0 Å². The normalized spacial score (nSPS) is 22.1. The van der Waals surface area contributed by atoms with Crippen LogP contribution < -0.4 is 4.90 Å². The van der Waals surface area contributed by atoms with Gasteiger partial charge >= 0.3 is 0 Å². The van der Waals surface area contributed by atoms with E-state index >= 15 is 0 Å². The summed E-state index contributed by atoms with van der Waals surface area (Å²) in [6.45, 7) is 9.45. The van der Waals surface area contributed by atoms with E-state index in [2.05, 4.69) is 53.1 Å². The van der Waals surface area contributed by atoms with Crippen molar-refractivity contribution >= 4 is 11.6 Å². The number of likely N-dealkylation sites (N-methyl/N-ethyl adjacent to an activating group) is 1. The maximum absolute atomic E-state index is 14.4. The zero-order valence-electron chi connectivity index (χ0n) is 19.7. The van der Waals surface area contributed by atoms with Crippen LogP contribution in [0.25, 0.3) is 0 Å². The van der Waals surface area contributed by atoms with E-state index in [1.165, 1.54) is 11.3 Å². The Balaban J connectivity index is 1.45. The monoisotopic (exact) mass is 438 g/mol. The van der Waals surface area contributed by atoms with Gasteiger partial charge in [-0.15, -0.1) is 0 Å². The minimum Gasteiger partial charge on any atom is -0.368 e. The van der Waals surface area contributed by atoms with E-state index in [9.17, 15) is 9.18 Å². The molecule has 172 valence electrons. The number of anilines is 1. The minimum absolute atomic E-state index is 0.107. The first-order valence-corrected chi connectivity index (χ1v) is 11.6. The van der Waals surface area contributed by atoms with Crippen molar-refractivity contribution in [3.05, 3.63) is 65.0 Å². The fraction of sp³-hybridized carbons (Fsp3) is 0.500. The molecule has 0 N–H and O–H groups in total. The Morgan fingerprint density at radius 2 is 1.72 bits per heavy atom. The Morgan fingerprint density at radius 1 is 1.03 bits per heavy atom. The highest BCUT2D eigenvalue weighted by Crippen LogP contribution is 2.33. The Labute approximate surface area is 191 Å². The van der Waals surface area contributed by atoms with Crippen molar-refractivity contribution in [2.24, 2.45) is 0 Å². The third-order valence-corrected chi connectivity index (χ3v) is 7.17. The van der Waals surface area contributed by atoms with Crippen molar-refractivity contribution < 1.29 is 9.18 Å². The number of aryl methyl sites for hydroxylation is 1. The molecule has 0 bridgehead atoms. The van der Waals surface area contributed by atoms with Crippen LogP contribution in [0, 0.1) is 12.7 Å². The van der Waals surface area contributed by atoms with E-state index < -0.39 is 0 Å². The van der Waals surface area contributed by atoms with Gasteiger partial charge in [-0.25, -0.2) is 4.39 Å². The highest BCUT2D eigenvalue weighted by Gasteiger charge is 2.35. The van der Waals surface area contributed by atoms with Gasteiger partial charge < -0.3 is 14.7 Å². The summed E-state index contributed by atoms with van der Waals surface area (Å²) in [5.74, 6) is 0.441. The molecule has 5 nitrogen and oxygen atoms in total. The van der Waals surface area contributed by atoms with Gasteiger partial charge in [-0.05, 0) is 50.3 Å². The van der Waals surface area contributed by atoms with Gasteiger partial charge in [0.15, 0.2) is 0 Å². The highest BCUT2D eigenvalue weighted by molar-refractivity contribution is 5.73. The van der Waals surface area contributed by atoms with Crippen molar-refractivity contribution in [1.29, 1.82) is 0 Å². The van der Waals surface area contributed by atoms with Gasteiger partial charge in [0.2, 0.25) is 5.91 Å². The third-order valence-electron chi connectivity index (χ3n) is 7.17. The van der Waals surface area contributed by atoms with Crippen LogP contribution in [0.2, 0.25) is 0 Å². The summed E-state index contributed by atoms with van der Waals surface area (Å²) in [5, 5.41) is 0. The van der Waals surface area contributed by atoms with E-state index in [1.54, 1.807) is 19.1 Å². The van der Waals surface area contributed by atoms with Crippen molar-refractivity contribution in [2.75, 3.05) is 58.3 Å². The van der Waals surface area contributed by atoms with Gasteiger partial charge in [0, 0.05) is 75.9 Å². The van der Waals surface area contributed by atoms with Crippen LogP contribution in [0.15, 0.2) is 42.5 Å². The van der Waals surface area contributed by atoms with E-state index in [0.29, 0.717) is 18.5 Å². The second-order valence-electron chi connectivity index (χ2n) is 9.45. The summed E-state index contributed by atoms with van der Waals surface area (Å²) in [6.07, 6.45) is 0. The summed E-state index contributed by atoms with van der Waals surface area (Å²) in [5.41, 5.74) is 4.38. The predicted molar refractivity (Wildman–Crippen MR) is 128 cm³/mol. The Kier molecular flexibility index (Phi) is 6.82. The maximum atomic E-state index is 14.4. The number of hydrogen-bond acceptors (Lipinski definition) is 4. The first-order valence-electron chi connectivity index (χ1n) is 11.6. The molecule has 2 atom stereocenters. The summed E-state index contributed by atoms with van der Waals surface area (Å²) in [4.78, 5) is 20.5. The molecular formula is C26H35FN4O. The van der Waals surface area contributed by atoms with Gasteiger partial charge in [0.1, 0.15) is 5.82 Å². The largest absolute Gasteiger partial charge is 0.368 e. The molecule has 2 aliphatic heterocycles. The smallest absolute Gasteiger partial charge is 0.219 e. The summed E-state index contributed by atoms with van der Waals surface area (Å²) < 4.78 is 14.4. The van der Waals surface area contributed by atoms with Gasteiger partial charge in [-0.1, -0.05) is 24.3 Å². The number of nitrogens with zero attached hydrogens (tertiary/aromatic N) is 4. The standard InChI is InChI=1S/C26H35FN4O/c1-19-6-5-7-25(27)23(19)16-29-17-24(26(18-29)28(3)4)21-8-10-22(11-9-21)31-14-12-30(13-15-31)20(2)32/h5-11,24,26H,12-18H2,1-4H3/t24-,26+/m1/s1. The molecule has 2 fully saturated rings. The topological polar surface area (TPSA) is 30.0 Å². The molecule has 2 aliphatic rings. The number of rotatable bonds is 5. The van der Waals surface area contributed by atoms with E-state index in [1.807, 2.05) is 17.9 Å². The zero-order valence-corrected chi connectivity index (χ0v) is 19.7. The van der Waals surface area contributed by atoms with Gasteiger partial charge in [-0.3, -0.25) is 9.69 Å². The van der Waals surface area contributed by atoms with Crippen molar-refractivity contribution in [3.63, 3.8) is 0 Å². The maximum Gasteiger partial charge on any atom is 0.219 e. The second-order valence-corrected chi connectivity index (χ2v) is 9.45. The fourth-order valence-corrected chi connectivity index (χ4v) is 5.15. The number of likely N-dealkylation sites (tertiary alicyclic amines) is 1. The first kappa shape index (κ1) is 22.7. The molecule has 2 saturated heterocycles. The lowest BCUT2D eigenvalue weighted by atomic mass is 9.93. The number of amides is 1. The van der Waals surface area contributed by atoms with Gasteiger partial charge in [0.25, 0.3) is 0 Å². The molecule has 0 unspecified atom stereocenters. The second kappa shape index (κ2) is 9.59.